The topological polar surface area (TPSA) is 148 Å². The Morgan fingerprint density at radius 1 is 0.203 bits per heavy atom. The summed E-state index contributed by atoms with van der Waals surface area (Å²) in [5.41, 5.74) is 10.1. The van der Waals surface area contributed by atoms with Crippen molar-refractivity contribution in [2.75, 3.05) is 13.2 Å². The average Bonchev–Trinajstić information content (AvgIpc) is 0.740. The SMILES string of the molecule is CC(C)(C)[Si](OC[C@H]1O[C@H](O[C@H]2[C@@H](OCc3ccccc3)[C@H](O[C@H]3O[C@H](COCc4ccccc4)[C@@H](OCc4ccccc4)[C@H](OCc4ccccc4)[C@@H]3OCc3ccccc3)[C@@H](OCc3ccccc3)C(OCc3ccccc3)[C@H]2OCc2ccccc2)[C@@H](OCc2ccccc2)[C@@H](OCc2ccccc2)[C@@H]1OCc1ccccc1)(c1ccccc1)c1ccccc1. The van der Waals surface area contributed by atoms with Gasteiger partial charge in [0.1, 0.15) is 85.5 Å². The summed E-state index contributed by atoms with van der Waals surface area (Å²) in [7, 11) is -3.40. The molecule has 17 heteroatoms. The zero-order valence-corrected chi connectivity index (χ0v) is 74.0. The predicted octanol–water partition coefficient (Wildman–Crippen LogP) is 19.9. The molecule has 0 spiro atoms. The minimum absolute atomic E-state index is 0.00285. The van der Waals surface area contributed by atoms with Gasteiger partial charge in [-0.3, -0.25) is 0 Å². The summed E-state index contributed by atoms with van der Waals surface area (Å²) in [4.78, 5) is 0. The minimum Gasteiger partial charge on any atom is -0.405 e. The highest BCUT2D eigenvalue weighted by Gasteiger charge is 2.61. The molecule has 16 nitrogen and oxygen atoms in total. The molecule has 0 N–H and O–H groups in total. The van der Waals surface area contributed by atoms with Crippen LogP contribution in [0.4, 0.5) is 0 Å². The molecule has 16 atom stereocenters. The first-order chi connectivity index (χ1) is 63.1. The highest BCUT2D eigenvalue weighted by Crippen LogP contribution is 2.44. The van der Waals surface area contributed by atoms with Gasteiger partial charge in [-0.25, -0.2) is 0 Å². The van der Waals surface area contributed by atoms with Crippen molar-refractivity contribution in [3.63, 3.8) is 0 Å². The van der Waals surface area contributed by atoms with Crippen LogP contribution >= 0.6 is 0 Å². The molecule has 1 saturated carbocycles. The third-order valence-corrected chi connectivity index (χ3v) is 28.8. The van der Waals surface area contributed by atoms with E-state index in [1.165, 1.54) is 0 Å². The van der Waals surface area contributed by atoms with E-state index in [0.717, 1.165) is 71.6 Å². The van der Waals surface area contributed by atoms with Gasteiger partial charge in [0.05, 0.1) is 85.9 Å². The smallest absolute Gasteiger partial charge is 0.261 e. The van der Waals surface area contributed by atoms with E-state index in [1.54, 1.807) is 0 Å². The van der Waals surface area contributed by atoms with Crippen LogP contribution < -0.4 is 10.4 Å². The van der Waals surface area contributed by atoms with E-state index < -0.39 is 111 Å². The summed E-state index contributed by atoms with van der Waals surface area (Å²) >= 11 is 0. The summed E-state index contributed by atoms with van der Waals surface area (Å²) in [5, 5.41) is 1.71. The molecule has 0 amide bonds. The Hall–Kier alpha value is -10.6. The molecule has 13 aromatic carbocycles. The molecule has 1 unspecified atom stereocenters. The van der Waals surface area contributed by atoms with Crippen LogP contribution in [0.3, 0.4) is 0 Å². The Balaban J connectivity index is 0.904. The first-order valence-corrected chi connectivity index (χ1v) is 46.6. The van der Waals surface area contributed by atoms with Crippen LogP contribution in [-0.2, 0) is 148 Å². The second-order valence-electron chi connectivity index (χ2n) is 33.9. The molecule has 3 aliphatic rings. The fourth-order valence-electron chi connectivity index (χ4n) is 17.4. The molecule has 2 heterocycles. The largest absolute Gasteiger partial charge is 0.405 e. The van der Waals surface area contributed by atoms with Crippen LogP contribution in [0.5, 0.6) is 0 Å². The molecule has 16 rings (SSSR count). The van der Waals surface area contributed by atoms with Gasteiger partial charge in [-0.15, -0.1) is 0 Å². The lowest BCUT2D eigenvalue weighted by Gasteiger charge is -2.54. The summed E-state index contributed by atoms with van der Waals surface area (Å²) in [6, 6.07) is 133. The summed E-state index contributed by atoms with van der Waals surface area (Å²) in [5.74, 6) is 0. The number of ether oxygens (including phenoxy) is 15. The van der Waals surface area contributed by atoms with E-state index in [-0.39, 0.29) is 85.9 Å². The van der Waals surface area contributed by atoms with E-state index in [0.29, 0.717) is 0 Å². The first kappa shape index (κ1) is 90.8. The van der Waals surface area contributed by atoms with Crippen LogP contribution in [-0.4, -0.2) is 120 Å². The molecule has 13 aromatic rings. The molecule has 660 valence electrons. The number of hydrogen-bond donors (Lipinski definition) is 0. The summed E-state index contributed by atoms with van der Waals surface area (Å²) in [6.07, 6.45) is -17.4. The fraction of sp³-hybridized carbons (Fsp3) is 0.297. The quantitative estimate of drug-likeness (QED) is 0.0333. The van der Waals surface area contributed by atoms with Crippen molar-refractivity contribution in [3.8, 4) is 0 Å². The molecule has 2 saturated heterocycles. The molecule has 0 radical (unpaired) electrons. The van der Waals surface area contributed by atoms with E-state index in [1.807, 2.05) is 237 Å². The lowest BCUT2D eigenvalue weighted by molar-refractivity contribution is -0.384. The molecule has 0 bridgehead atoms. The lowest BCUT2D eigenvalue weighted by Crippen LogP contribution is -2.71. The average molecular weight is 1730 g/mol. The van der Waals surface area contributed by atoms with E-state index in [9.17, 15) is 0 Å². The Kier molecular flexibility index (Phi) is 33.1. The monoisotopic (exact) mass is 1730 g/mol. The van der Waals surface area contributed by atoms with Gasteiger partial charge in [-0.05, 0) is 76.6 Å². The summed E-state index contributed by atoms with van der Waals surface area (Å²) in [6.45, 7) is 8.37. The van der Waals surface area contributed by atoms with E-state index in [2.05, 4.69) is 178 Å². The maximum absolute atomic E-state index is 8.46. The van der Waals surface area contributed by atoms with Crippen LogP contribution in [0.2, 0.25) is 5.04 Å². The first-order valence-electron chi connectivity index (χ1n) is 44.7. The minimum atomic E-state index is -3.40. The van der Waals surface area contributed by atoms with Gasteiger partial charge in [-0.1, -0.05) is 415 Å². The van der Waals surface area contributed by atoms with Crippen LogP contribution in [0.15, 0.2) is 394 Å². The van der Waals surface area contributed by atoms with Crippen LogP contribution in [0.25, 0.3) is 0 Å². The second-order valence-corrected chi connectivity index (χ2v) is 38.2. The van der Waals surface area contributed by atoms with Gasteiger partial charge in [0, 0.05) is 0 Å². The zero-order valence-electron chi connectivity index (χ0n) is 73.0. The van der Waals surface area contributed by atoms with Crippen molar-refractivity contribution >= 4 is 18.7 Å². The Labute approximate surface area is 754 Å². The molecule has 3 fully saturated rings. The fourth-order valence-corrected chi connectivity index (χ4v) is 22.0. The third-order valence-electron chi connectivity index (χ3n) is 23.8. The molecular formula is C111H116O16Si. The highest BCUT2D eigenvalue weighted by molar-refractivity contribution is 6.99. The Morgan fingerprint density at radius 3 is 0.617 bits per heavy atom. The van der Waals surface area contributed by atoms with Crippen molar-refractivity contribution in [2.24, 2.45) is 0 Å². The van der Waals surface area contributed by atoms with Gasteiger partial charge in [0.25, 0.3) is 8.32 Å². The normalized spacial score (nSPS) is 23.1. The van der Waals surface area contributed by atoms with E-state index in [4.69, 9.17) is 75.5 Å². The van der Waals surface area contributed by atoms with Crippen molar-refractivity contribution < 1.29 is 75.5 Å². The maximum atomic E-state index is 8.46. The highest BCUT2D eigenvalue weighted by atomic mass is 28.4. The predicted molar refractivity (Wildman–Crippen MR) is 497 cm³/mol. The lowest BCUT2D eigenvalue weighted by atomic mass is 9.83. The molecular weight excluding hydrogens is 1620 g/mol. The van der Waals surface area contributed by atoms with Gasteiger partial charge in [0.15, 0.2) is 12.6 Å². The third kappa shape index (κ3) is 24.5. The van der Waals surface area contributed by atoms with Crippen molar-refractivity contribution in [1.29, 1.82) is 0 Å². The van der Waals surface area contributed by atoms with Gasteiger partial charge < -0.3 is 75.5 Å². The molecule has 128 heavy (non-hydrogen) atoms. The van der Waals surface area contributed by atoms with Crippen LogP contribution in [0.1, 0.15) is 82.0 Å². The molecule has 2 aliphatic heterocycles. The van der Waals surface area contributed by atoms with Gasteiger partial charge in [-0.2, -0.15) is 0 Å². The van der Waals surface area contributed by atoms with E-state index >= 15 is 0 Å². The number of rotatable bonds is 43. The standard InChI is InChI=1S/C111H116O16Si/c1-111(2,3)128(93-65-39-15-40-66-93,94-67-41-16-42-68-94)123-81-96-98(114-71-84-47-21-6-22-48-84)100(116-73-86-51-25-8-26-52-86)108(122-79-92-63-37-14-38-64-92)110(125-96)127-106-103(119-76-89-57-31-11-32-58-89)101(117-74-87-53-27-9-28-54-87)102(118-75-88-55-29-10-30-56-88)105(104(106)120-77-90-59-33-12-34-60-90)126-109-107(121-78-91-61-35-13-36-62-91)99(115-72-85-49-23-7-24-50-85)97(113-70-83-45-19-5-20-46-83)95(124-109)80-112-69-82-43-17-4-18-44-82/h4-68,95-110H,69-81H2,1-3H3/t95-,96-,97-,98-,99+,100+,101?,102+,103-,104+,105-,106-,107+,108+,109-,110-/m1/s1. The van der Waals surface area contributed by atoms with Gasteiger partial charge >= 0.3 is 0 Å². The molecule has 0 aromatic heterocycles. The van der Waals surface area contributed by atoms with Crippen molar-refractivity contribution in [3.05, 3.63) is 456 Å². The van der Waals surface area contributed by atoms with Crippen molar-refractivity contribution in [2.45, 2.75) is 197 Å². The summed E-state index contributed by atoms with van der Waals surface area (Å²) < 4.78 is 124. The Bertz CT molecular complexity index is 5230. The van der Waals surface area contributed by atoms with Crippen LogP contribution in [0, 0.1) is 0 Å². The maximum Gasteiger partial charge on any atom is 0.261 e. The molecule has 1 aliphatic carbocycles. The Morgan fingerprint density at radius 2 is 0.383 bits per heavy atom. The zero-order chi connectivity index (χ0) is 87.2. The second kappa shape index (κ2) is 46.6. The number of hydrogen-bond acceptors (Lipinski definition) is 16. The number of benzene rings is 13. The van der Waals surface area contributed by atoms with Crippen molar-refractivity contribution in [1.82, 2.24) is 0 Å². The van der Waals surface area contributed by atoms with Gasteiger partial charge in [0.2, 0.25) is 0 Å².